The van der Waals surface area contributed by atoms with E-state index in [4.69, 9.17) is 0 Å². The van der Waals surface area contributed by atoms with Gasteiger partial charge in [0.2, 0.25) is 0 Å². The molecule has 2 heterocycles. The Morgan fingerprint density at radius 2 is 0.901 bits per heavy atom. The average Bonchev–Trinajstić information content (AvgIpc) is 3.64. The van der Waals surface area contributed by atoms with Gasteiger partial charge in [0, 0.05) is 34.0 Å². The number of benzene rings is 8. The molecule has 71 heavy (non-hydrogen) atoms. The van der Waals surface area contributed by atoms with Crippen LogP contribution in [-0.4, -0.2) is 6.71 Å². The van der Waals surface area contributed by atoms with Gasteiger partial charge in [-0.3, -0.25) is 0 Å². The molecular formula is C68H69BN2. The summed E-state index contributed by atoms with van der Waals surface area (Å²) in [5, 5.41) is 0. The monoisotopic (exact) mass is 925 g/mol. The van der Waals surface area contributed by atoms with E-state index >= 15 is 0 Å². The summed E-state index contributed by atoms with van der Waals surface area (Å²) in [6, 6.07) is 61.4. The lowest BCUT2D eigenvalue weighted by molar-refractivity contribution is 0.403. The van der Waals surface area contributed by atoms with Crippen LogP contribution in [0.4, 0.5) is 34.1 Å². The zero-order valence-electron chi connectivity index (χ0n) is 44.4. The Balaban J connectivity index is 1.19. The van der Waals surface area contributed by atoms with E-state index in [-0.39, 0.29) is 33.8 Å². The Labute approximate surface area is 424 Å². The van der Waals surface area contributed by atoms with E-state index in [0.717, 1.165) is 12.8 Å². The first-order valence-electron chi connectivity index (χ1n) is 26.2. The minimum absolute atomic E-state index is 0.00525. The standard InChI is InChI=1S/C68H69BN2/c1-42-32-61-63-62(33-42)71(58-35-46(25-24-43(58)2)44-20-16-14-17-21-44)59-36-47(45-22-18-15-19-23-45)27-30-55(59)69(63)56-38-53-54(68(12,13)41-67(53,10)11)39-60(56)70(61)57-31-28-49(64(3,4)5)37-50(57)48-26-29-51-52(34-48)66(8,9)40-65(51,6)7/h14-39H,40-41H2,1-13H3. The van der Waals surface area contributed by atoms with Gasteiger partial charge in [-0.2, -0.15) is 0 Å². The first kappa shape index (κ1) is 45.6. The van der Waals surface area contributed by atoms with Crippen LogP contribution in [0.25, 0.3) is 33.4 Å². The second-order valence-electron chi connectivity index (χ2n) is 25.4. The number of rotatable bonds is 5. The van der Waals surface area contributed by atoms with Crippen LogP contribution in [0.1, 0.15) is 128 Å². The molecule has 12 rings (SSSR count). The summed E-state index contributed by atoms with van der Waals surface area (Å²) >= 11 is 0. The second-order valence-corrected chi connectivity index (χ2v) is 25.4. The maximum absolute atomic E-state index is 2.71. The Morgan fingerprint density at radius 1 is 0.394 bits per heavy atom. The summed E-state index contributed by atoms with van der Waals surface area (Å²) < 4.78 is 0. The molecule has 0 radical (unpaired) electrons. The molecule has 2 aliphatic carbocycles. The fourth-order valence-corrected chi connectivity index (χ4v) is 14.2. The van der Waals surface area contributed by atoms with Crippen molar-refractivity contribution >= 4 is 57.2 Å². The Bertz CT molecular complexity index is 3490. The SMILES string of the molecule is Cc1cc2c3c(c1)N(c1ccc(C(C)(C)C)cc1-c1ccc4c(c1)C(C)(C)CC4(C)C)c1cc4c(cc1B3c1ccc(-c3ccccc3)cc1N2c1cc(-c2ccccc2)ccc1C)C(C)(C)CC4(C)C. The van der Waals surface area contributed by atoms with Crippen LogP contribution in [0, 0.1) is 13.8 Å². The molecular weight excluding hydrogens is 856 g/mol. The molecule has 0 atom stereocenters. The van der Waals surface area contributed by atoms with Gasteiger partial charge < -0.3 is 9.80 Å². The minimum Gasteiger partial charge on any atom is -0.311 e. The van der Waals surface area contributed by atoms with Gasteiger partial charge in [-0.25, -0.2) is 0 Å². The first-order chi connectivity index (χ1) is 33.6. The van der Waals surface area contributed by atoms with E-state index in [1.54, 1.807) is 0 Å². The third-order valence-electron chi connectivity index (χ3n) is 17.1. The highest BCUT2D eigenvalue weighted by Gasteiger charge is 2.49. The Hall–Kier alpha value is -6.58. The lowest BCUT2D eigenvalue weighted by atomic mass is 9.33. The molecule has 0 saturated carbocycles. The lowest BCUT2D eigenvalue weighted by Crippen LogP contribution is -2.61. The van der Waals surface area contributed by atoms with Gasteiger partial charge >= 0.3 is 0 Å². The molecule has 0 unspecified atom stereocenters. The molecule has 4 aliphatic rings. The molecule has 0 N–H and O–H groups in total. The van der Waals surface area contributed by atoms with Gasteiger partial charge in [-0.05, 0) is 179 Å². The second kappa shape index (κ2) is 15.5. The minimum atomic E-state index is -0.0376. The van der Waals surface area contributed by atoms with E-state index < -0.39 is 0 Å². The fraction of sp³-hybridized carbons (Fsp3) is 0.294. The van der Waals surface area contributed by atoms with Crippen LogP contribution in [0.5, 0.6) is 0 Å². The van der Waals surface area contributed by atoms with Crippen LogP contribution >= 0.6 is 0 Å². The van der Waals surface area contributed by atoms with Crippen molar-refractivity contribution < 1.29 is 0 Å². The maximum atomic E-state index is 2.71. The largest absolute Gasteiger partial charge is 0.311 e. The summed E-state index contributed by atoms with van der Waals surface area (Å²) in [4.78, 5) is 5.33. The van der Waals surface area contributed by atoms with E-state index in [1.807, 2.05) is 0 Å². The van der Waals surface area contributed by atoms with Gasteiger partial charge in [0.05, 0.1) is 5.69 Å². The van der Waals surface area contributed by atoms with Crippen molar-refractivity contribution in [3.05, 3.63) is 197 Å². The summed E-state index contributed by atoms with van der Waals surface area (Å²) in [5.74, 6) is 0. The summed E-state index contributed by atoms with van der Waals surface area (Å²) in [7, 11) is 0. The molecule has 0 fully saturated rings. The molecule has 0 bridgehead atoms. The Morgan fingerprint density at radius 3 is 1.51 bits per heavy atom. The van der Waals surface area contributed by atoms with Crippen molar-refractivity contribution in [2.75, 3.05) is 9.80 Å². The predicted octanol–water partition coefficient (Wildman–Crippen LogP) is 16.6. The number of anilines is 6. The van der Waals surface area contributed by atoms with Crippen LogP contribution in [0.15, 0.2) is 158 Å². The molecule has 0 saturated heterocycles. The highest BCUT2D eigenvalue weighted by atomic mass is 15.2. The van der Waals surface area contributed by atoms with E-state index in [0.29, 0.717) is 0 Å². The Kier molecular flexibility index (Phi) is 9.92. The average molecular weight is 925 g/mol. The number of fused-ring (bicyclic) bond motifs is 6. The van der Waals surface area contributed by atoms with Crippen LogP contribution in [0.3, 0.4) is 0 Å². The number of hydrogen-bond donors (Lipinski definition) is 0. The molecule has 0 amide bonds. The normalized spacial score (nSPS) is 17.3. The van der Waals surface area contributed by atoms with Crippen molar-refractivity contribution in [1.82, 2.24) is 0 Å². The lowest BCUT2D eigenvalue weighted by Gasteiger charge is -2.45. The molecule has 0 spiro atoms. The summed E-state index contributed by atoms with van der Waals surface area (Å²) in [5.41, 5.74) is 29.0. The quantitative estimate of drug-likeness (QED) is 0.159. The molecule has 354 valence electrons. The summed E-state index contributed by atoms with van der Waals surface area (Å²) in [6.45, 7) is 31.3. The fourth-order valence-electron chi connectivity index (χ4n) is 14.2. The third kappa shape index (κ3) is 7.11. The third-order valence-corrected chi connectivity index (χ3v) is 17.1. The topological polar surface area (TPSA) is 6.48 Å². The van der Waals surface area contributed by atoms with Gasteiger partial charge in [0.1, 0.15) is 0 Å². The molecule has 8 aromatic rings. The van der Waals surface area contributed by atoms with E-state index in [1.165, 1.54) is 123 Å². The highest BCUT2D eigenvalue weighted by molar-refractivity contribution is 7.00. The van der Waals surface area contributed by atoms with E-state index in [2.05, 4.69) is 258 Å². The van der Waals surface area contributed by atoms with Gasteiger partial charge in [-0.1, -0.05) is 191 Å². The molecule has 0 aromatic heterocycles. The highest BCUT2D eigenvalue weighted by Crippen LogP contribution is 2.55. The van der Waals surface area contributed by atoms with Crippen molar-refractivity contribution in [3.63, 3.8) is 0 Å². The number of aryl methyl sites for hydroxylation is 2. The first-order valence-corrected chi connectivity index (χ1v) is 26.2. The van der Waals surface area contributed by atoms with Crippen LogP contribution in [0.2, 0.25) is 0 Å². The molecule has 8 aromatic carbocycles. The molecule has 2 aliphatic heterocycles. The van der Waals surface area contributed by atoms with E-state index in [9.17, 15) is 0 Å². The summed E-state index contributed by atoms with van der Waals surface area (Å²) in [6.07, 6.45) is 2.24. The smallest absolute Gasteiger partial charge is 0.252 e. The zero-order valence-corrected chi connectivity index (χ0v) is 44.4. The van der Waals surface area contributed by atoms with Gasteiger partial charge in [0.25, 0.3) is 6.71 Å². The maximum Gasteiger partial charge on any atom is 0.252 e. The van der Waals surface area contributed by atoms with Crippen molar-refractivity contribution in [2.24, 2.45) is 0 Å². The van der Waals surface area contributed by atoms with Crippen molar-refractivity contribution in [3.8, 4) is 33.4 Å². The predicted molar refractivity (Wildman–Crippen MR) is 306 cm³/mol. The van der Waals surface area contributed by atoms with Gasteiger partial charge in [-0.15, -0.1) is 0 Å². The molecule has 3 heteroatoms. The number of nitrogens with zero attached hydrogens (tertiary/aromatic N) is 2. The van der Waals surface area contributed by atoms with Crippen LogP contribution < -0.4 is 26.2 Å². The van der Waals surface area contributed by atoms with Crippen molar-refractivity contribution in [1.29, 1.82) is 0 Å². The molecule has 2 nitrogen and oxygen atoms in total. The number of hydrogen-bond acceptors (Lipinski definition) is 2. The van der Waals surface area contributed by atoms with Crippen molar-refractivity contribution in [2.45, 2.75) is 130 Å². The zero-order chi connectivity index (χ0) is 49.7. The van der Waals surface area contributed by atoms with Crippen LogP contribution in [-0.2, 0) is 27.1 Å². The van der Waals surface area contributed by atoms with Gasteiger partial charge in [0.15, 0.2) is 0 Å².